The van der Waals surface area contributed by atoms with Gasteiger partial charge in [0, 0.05) is 17.2 Å². The molecular formula is C18H13NO5. The Morgan fingerprint density at radius 1 is 1.21 bits per heavy atom. The number of phenols is 1. The molecule has 1 amide bonds. The largest absolute Gasteiger partial charge is 0.507 e. The van der Waals surface area contributed by atoms with Crippen LogP contribution in [0.1, 0.15) is 11.1 Å². The van der Waals surface area contributed by atoms with E-state index in [2.05, 4.69) is 5.92 Å². The molecular weight excluding hydrogens is 310 g/mol. The minimum Gasteiger partial charge on any atom is -0.507 e. The van der Waals surface area contributed by atoms with Crippen LogP contribution < -0.4 is 14.4 Å². The van der Waals surface area contributed by atoms with E-state index in [1.165, 1.54) is 17.0 Å². The molecule has 0 bridgehead atoms. The van der Waals surface area contributed by atoms with Crippen molar-refractivity contribution >= 4 is 11.6 Å². The Balaban J connectivity index is 1.95. The zero-order valence-electron chi connectivity index (χ0n) is 12.5. The molecule has 0 spiro atoms. The van der Waals surface area contributed by atoms with Gasteiger partial charge in [0.2, 0.25) is 12.4 Å². The zero-order chi connectivity index (χ0) is 16.9. The van der Waals surface area contributed by atoms with Crippen molar-refractivity contribution in [2.24, 2.45) is 0 Å². The van der Waals surface area contributed by atoms with E-state index >= 15 is 0 Å². The SMILES string of the molecule is C#CCN1C(=O)[C@](O)(c2cc3c(cc2O)OCO3)c2ccccc21. The van der Waals surface area contributed by atoms with Gasteiger partial charge in [0.05, 0.1) is 12.2 Å². The molecule has 2 aliphatic rings. The summed E-state index contributed by atoms with van der Waals surface area (Å²) in [4.78, 5) is 14.2. The van der Waals surface area contributed by atoms with E-state index in [4.69, 9.17) is 15.9 Å². The molecule has 0 fully saturated rings. The van der Waals surface area contributed by atoms with Crippen LogP contribution in [0.25, 0.3) is 0 Å². The van der Waals surface area contributed by atoms with Gasteiger partial charge >= 0.3 is 0 Å². The summed E-state index contributed by atoms with van der Waals surface area (Å²) in [6.07, 6.45) is 5.35. The first-order chi connectivity index (χ1) is 11.6. The number of anilines is 1. The van der Waals surface area contributed by atoms with Gasteiger partial charge in [-0.2, -0.15) is 0 Å². The van der Waals surface area contributed by atoms with Crippen molar-refractivity contribution in [3.8, 4) is 29.6 Å². The first-order valence-corrected chi connectivity index (χ1v) is 7.27. The van der Waals surface area contributed by atoms with Crippen molar-refractivity contribution in [1.82, 2.24) is 0 Å². The monoisotopic (exact) mass is 323 g/mol. The number of carbonyl (C=O) groups is 1. The van der Waals surface area contributed by atoms with Crippen LogP contribution in [0.2, 0.25) is 0 Å². The van der Waals surface area contributed by atoms with Crippen molar-refractivity contribution in [3.63, 3.8) is 0 Å². The van der Waals surface area contributed by atoms with E-state index in [0.717, 1.165) is 0 Å². The standard InChI is InChI=1S/C18H13NO5/c1-2-7-19-13-6-4-3-5-11(13)18(22,17(19)21)12-8-15-16(9-14(12)20)24-10-23-15/h1,3-6,8-9,20,22H,7,10H2/t18-/m1/s1. The van der Waals surface area contributed by atoms with E-state index in [1.807, 2.05) is 0 Å². The van der Waals surface area contributed by atoms with Gasteiger partial charge in [0.25, 0.3) is 5.91 Å². The number of hydrogen-bond acceptors (Lipinski definition) is 5. The first kappa shape index (κ1) is 14.4. The fraction of sp³-hybridized carbons (Fsp3) is 0.167. The van der Waals surface area contributed by atoms with Gasteiger partial charge in [-0.3, -0.25) is 9.69 Å². The summed E-state index contributed by atoms with van der Waals surface area (Å²) >= 11 is 0. The highest BCUT2D eigenvalue weighted by Gasteiger charge is 2.52. The normalized spacial score (nSPS) is 20.8. The smallest absolute Gasteiger partial charge is 0.269 e. The fourth-order valence-electron chi connectivity index (χ4n) is 3.16. The van der Waals surface area contributed by atoms with Gasteiger partial charge in [0.15, 0.2) is 11.5 Å². The van der Waals surface area contributed by atoms with Gasteiger partial charge in [-0.05, 0) is 12.1 Å². The van der Waals surface area contributed by atoms with E-state index < -0.39 is 11.5 Å². The third-order valence-electron chi connectivity index (χ3n) is 4.27. The van der Waals surface area contributed by atoms with Crippen LogP contribution in [0.15, 0.2) is 36.4 Å². The van der Waals surface area contributed by atoms with Crippen LogP contribution in [0.3, 0.4) is 0 Å². The molecule has 0 saturated carbocycles. The average molecular weight is 323 g/mol. The number of fused-ring (bicyclic) bond motifs is 2. The molecule has 4 rings (SSSR count). The lowest BCUT2D eigenvalue weighted by Crippen LogP contribution is -2.41. The quantitative estimate of drug-likeness (QED) is 0.815. The number of nitrogens with zero attached hydrogens (tertiary/aromatic N) is 1. The van der Waals surface area contributed by atoms with Gasteiger partial charge in [-0.25, -0.2) is 0 Å². The second-order valence-corrected chi connectivity index (χ2v) is 5.55. The lowest BCUT2D eigenvalue weighted by Gasteiger charge is -2.24. The van der Waals surface area contributed by atoms with Gasteiger partial charge in [0.1, 0.15) is 5.75 Å². The van der Waals surface area contributed by atoms with Crippen molar-refractivity contribution in [2.75, 3.05) is 18.2 Å². The Bertz CT molecular complexity index is 901. The van der Waals surface area contributed by atoms with Crippen LogP contribution >= 0.6 is 0 Å². The molecule has 2 aromatic rings. The van der Waals surface area contributed by atoms with Crippen LogP contribution in [0, 0.1) is 12.3 Å². The maximum atomic E-state index is 12.9. The average Bonchev–Trinajstić information content (AvgIpc) is 3.12. The molecule has 2 N–H and O–H groups in total. The molecule has 0 aromatic heterocycles. The number of benzene rings is 2. The maximum Gasteiger partial charge on any atom is 0.269 e. The van der Waals surface area contributed by atoms with Gasteiger partial charge < -0.3 is 19.7 Å². The molecule has 6 nitrogen and oxygen atoms in total. The molecule has 0 aliphatic carbocycles. The van der Waals surface area contributed by atoms with Crippen molar-refractivity contribution < 1.29 is 24.5 Å². The van der Waals surface area contributed by atoms with E-state index in [0.29, 0.717) is 22.7 Å². The third-order valence-corrected chi connectivity index (χ3v) is 4.27. The summed E-state index contributed by atoms with van der Waals surface area (Å²) in [6.45, 7) is 0.0356. The number of carbonyl (C=O) groups excluding carboxylic acids is 1. The number of para-hydroxylation sites is 1. The van der Waals surface area contributed by atoms with Gasteiger partial charge in [-0.15, -0.1) is 6.42 Å². The minimum atomic E-state index is -2.04. The number of phenolic OH excluding ortho intramolecular Hbond substituents is 1. The van der Waals surface area contributed by atoms with Gasteiger partial charge in [-0.1, -0.05) is 24.1 Å². The highest BCUT2D eigenvalue weighted by molar-refractivity contribution is 6.09. The summed E-state index contributed by atoms with van der Waals surface area (Å²) in [5.74, 6) is 2.26. The summed E-state index contributed by atoms with van der Waals surface area (Å²) in [6, 6.07) is 9.54. The van der Waals surface area contributed by atoms with Crippen LogP contribution in [0.5, 0.6) is 17.2 Å². The number of aromatic hydroxyl groups is 1. The lowest BCUT2D eigenvalue weighted by atomic mass is 9.86. The third kappa shape index (κ3) is 1.73. The Hall–Kier alpha value is -3.17. The highest BCUT2D eigenvalue weighted by Crippen LogP contribution is 2.49. The maximum absolute atomic E-state index is 12.9. The minimum absolute atomic E-state index is 0.0173. The van der Waals surface area contributed by atoms with E-state index in [9.17, 15) is 15.0 Å². The first-order valence-electron chi connectivity index (χ1n) is 7.27. The number of terminal acetylenes is 1. The van der Waals surface area contributed by atoms with Crippen LogP contribution in [-0.2, 0) is 10.4 Å². The lowest BCUT2D eigenvalue weighted by molar-refractivity contribution is -0.132. The summed E-state index contributed by atoms with van der Waals surface area (Å²) in [7, 11) is 0. The number of aliphatic hydroxyl groups is 1. The molecule has 2 heterocycles. The second-order valence-electron chi connectivity index (χ2n) is 5.55. The predicted octanol–water partition coefficient (Wildman–Crippen LogP) is 1.34. The molecule has 1 atom stereocenters. The molecule has 0 saturated heterocycles. The van der Waals surface area contributed by atoms with Crippen LogP contribution in [-0.4, -0.2) is 29.5 Å². The highest BCUT2D eigenvalue weighted by atomic mass is 16.7. The Morgan fingerprint density at radius 3 is 2.67 bits per heavy atom. The second kappa shape index (κ2) is 4.91. The van der Waals surface area contributed by atoms with Crippen LogP contribution in [0.4, 0.5) is 5.69 Å². The molecule has 24 heavy (non-hydrogen) atoms. The number of ether oxygens (including phenoxy) is 2. The summed E-state index contributed by atoms with van der Waals surface area (Å²) < 4.78 is 10.5. The Labute approximate surface area is 137 Å². The summed E-state index contributed by atoms with van der Waals surface area (Å²) in [5.41, 5.74) is -1.14. The van der Waals surface area contributed by atoms with E-state index in [1.54, 1.807) is 24.3 Å². The zero-order valence-corrected chi connectivity index (χ0v) is 12.5. The number of hydrogen-bond donors (Lipinski definition) is 2. The molecule has 2 aliphatic heterocycles. The molecule has 120 valence electrons. The number of amides is 1. The molecule has 0 unspecified atom stereocenters. The van der Waals surface area contributed by atoms with Crippen molar-refractivity contribution in [1.29, 1.82) is 0 Å². The van der Waals surface area contributed by atoms with Crippen molar-refractivity contribution in [2.45, 2.75) is 5.60 Å². The summed E-state index contributed by atoms with van der Waals surface area (Å²) in [5, 5.41) is 21.6. The Morgan fingerprint density at radius 2 is 1.92 bits per heavy atom. The van der Waals surface area contributed by atoms with E-state index in [-0.39, 0.29) is 24.7 Å². The predicted molar refractivity (Wildman–Crippen MR) is 84.9 cm³/mol. The van der Waals surface area contributed by atoms with Crippen molar-refractivity contribution in [3.05, 3.63) is 47.5 Å². The molecule has 0 radical (unpaired) electrons. The Kier molecular flexibility index (Phi) is 2.95. The number of rotatable bonds is 2. The molecule has 2 aromatic carbocycles. The topological polar surface area (TPSA) is 79.2 Å². The molecule has 6 heteroatoms. The fourth-order valence-corrected chi connectivity index (χ4v) is 3.16.